The van der Waals surface area contributed by atoms with Crippen LogP contribution in [0.3, 0.4) is 0 Å². The Labute approximate surface area is 120 Å². The Balaban J connectivity index is 2.06. The smallest absolute Gasteiger partial charge is 0.167 e. The molecule has 0 aromatic carbocycles. The van der Waals surface area contributed by atoms with Crippen molar-refractivity contribution in [2.45, 2.75) is 18.2 Å². The van der Waals surface area contributed by atoms with E-state index in [-0.39, 0.29) is 12.2 Å². The Morgan fingerprint density at radius 3 is 3.05 bits per heavy atom. The molecule has 3 N–H and O–H groups in total. The van der Waals surface area contributed by atoms with Gasteiger partial charge in [0.25, 0.3) is 0 Å². The van der Waals surface area contributed by atoms with Crippen LogP contribution in [0.25, 0.3) is 11.2 Å². The highest BCUT2D eigenvalue weighted by Gasteiger charge is 2.47. The number of imidazole rings is 1. The predicted octanol–water partition coefficient (Wildman–Crippen LogP) is 0.277. The van der Waals surface area contributed by atoms with Gasteiger partial charge in [0.05, 0.1) is 18.9 Å². The molecule has 0 saturated carbocycles. The molecule has 21 heavy (non-hydrogen) atoms. The van der Waals surface area contributed by atoms with Crippen molar-refractivity contribution >= 4 is 17.0 Å². The Kier molecular flexibility index (Phi) is 3.23. The number of ether oxygens (including phenoxy) is 1. The molecule has 1 aliphatic rings. The van der Waals surface area contributed by atoms with Crippen molar-refractivity contribution < 1.29 is 14.2 Å². The third-order valence-corrected chi connectivity index (χ3v) is 3.71. The number of terminal acetylenes is 1. The quantitative estimate of drug-likeness (QED) is 0.788. The van der Waals surface area contributed by atoms with E-state index in [0.717, 1.165) is 0 Å². The maximum Gasteiger partial charge on any atom is 0.167 e. The Morgan fingerprint density at radius 1 is 1.57 bits per heavy atom. The van der Waals surface area contributed by atoms with E-state index < -0.39 is 31.0 Å². The first-order valence-corrected chi connectivity index (χ1v) is 6.38. The van der Waals surface area contributed by atoms with E-state index >= 15 is 0 Å². The summed E-state index contributed by atoms with van der Waals surface area (Å²) in [4.78, 5) is 12.1. The molecular weight excluding hydrogens is 277 g/mol. The van der Waals surface area contributed by atoms with Crippen LogP contribution in [-0.2, 0) is 4.74 Å². The van der Waals surface area contributed by atoms with Crippen LogP contribution >= 0.6 is 0 Å². The monoisotopic (exact) mass is 291 g/mol. The maximum atomic E-state index is 13.2. The lowest BCUT2D eigenvalue weighted by Gasteiger charge is -2.23. The number of halogens is 1. The van der Waals surface area contributed by atoms with Crippen molar-refractivity contribution in [3.05, 3.63) is 12.7 Å². The molecule has 1 fully saturated rings. The molecular formula is C13H14FN5O2. The molecule has 2 aromatic rings. The number of hydrogen-bond donors (Lipinski definition) is 2. The summed E-state index contributed by atoms with van der Waals surface area (Å²) in [5, 5.41) is 9.40. The van der Waals surface area contributed by atoms with Crippen molar-refractivity contribution in [2.24, 2.45) is 5.92 Å². The first-order chi connectivity index (χ1) is 10.1. The van der Waals surface area contributed by atoms with Crippen LogP contribution in [0.4, 0.5) is 10.2 Å². The third kappa shape index (κ3) is 2.02. The molecule has 0 radical (unpaired) electrons. The van der Waals surface area contributed by atoms with E-state index in [2.05, 4.69) is 20.9 Å². The molecule has 0 amide bonds. The summed E-state index contributed by atoms with van der Waals surface area (Å²) in [5.74, 6) is 2.42. The molecule has 7 nitrogen and oxygen atoms in total. The molecule has 3 heterocycles. The highest BCUT2D eigenvalue weighted by Crippen LogP contribution is 2.42. The first kappa shape index (κ1) is 13.7. The van der Waals surface area contributed by atoms with Gasteiger partial charge in [-0.05, 0) is 6.42 Å². The number of anilines is 1. The molecule has 0 aliphatic carbocycles. The van der Waals surface area contributed by atoms with Crippen molar-refractivity contribution in [1.29, 1.82) is 0 Å². The zero-order valence-corrected chi connectivity index (χ0v) is 11.1. The van der Waals surface area contributed by atoms with Crippen molar-refractivity contribution in [2.75, 3.05) is 19.0 Å². The third-order valence-electron chi connectivity index (χ3n) is 3.71. The molecule has 0 unspecified atom stereocenters. The van der Waals surface area contributed by atoms with Gasteiger partial charge in [0.1, 0.15) is 24.1 Å². The van der Waals surface area contributed by atoms with Crippen molar-refractivity contribution in [3.8, 4) is 12.3 Å². The predicted molar refractivity (Wildman–Crippen MR) is 72.6 cm³/mol. The number of nitrogen functional groups attached to an aromatic ring is 1. The van der Waals surface area contributed by atoms with Crippen molar-refractivity contribution in [3.63, 3.8) is 0 Å². The SMILES string of the molecule is C#C[C@H]1C[C@](CO)(CF)O[C@H]1n1cnc2c(N)ncnc21. The number of nitrogens with zero attached hydrogens (tertiary/aromatic N) is 4. The summed E-state index contributed by atoms with van der Waals surface area (Å²) in [6.45, 7) is -1.26. The van der Waals surface area contributed by atoms with E-state index in [4.69, 9.17) is 16.9 Å². The minimum Gasteiger partial charge on any atom is -0.393 e. The Bertz CT molecular complexity index is 706. The van der Waals surface area contributed by atoms with E-state index in [1.165, 1.54) is 12.7 Å². The molecule has 3 rings (SSSR count). The van der Waals surface area contributed by atoms with Gasteiger partial charge in [0.2, 0.25) is 0 Å². The molecule has 1 aliphatic heterocycles. The molecule has 110 valence electrons. The fraction of sp³-hybridized carbons (Fsp3) is 0.462. The maximum absolute atomic E-state index is 13.2. The summed E-state index contributed by atoms with van der Waals surface area (Å²) in [7, 11) is 0. The molecule has 0 spiro atoms. The van der Waals surface area contributed by atoms with Gasteiger partial charge in [0, 0.05) is 0 Å². The molecule has 1 saturated heterocycles. The van der Waals surface area contributed by atoms with Gasteiger partial charge in [-0.3, -0.25) is 4.57 Å². The van der Waals surface area contributed by atoms with Gasteiger partial charge in [-0.25, -0.2) is 19.3 Å². The summed E-state index contributed by atoms with van der Waals surface area (Å²) in [6.07, 6.45) is 7.87. The largest absolute Gasteiger partial charge is 0.393 e. The fourth-order valence-electron chi connectivity index (χ4n) is 2.57. The second-order valence-corrected chi connectivity index (χ2v) is 5.04. The zero-order chi connectivity index (χ0) is 15.0. The second kappa shape index (κ2) is 4.95. The summed E-state index contributed by atoms with van der Waals surface area (Å²) in [5.41, 5.74) is 5.34. The standard InChI is InChI=1S/C13H14FN5O2/c1-2-8-3-13(4-14,5-20)21-12(8)19-7-18-9-10(15)16-6-17-11(9)19/h1,6-8,12,20H,3-5H2,(H2,15,16,17)/t8-,12+,13+/m0/s1. The molecule has 2 aromatic heterocycles. The van der Waals surface area contributed by atoms with E-state index in [9.17, 15) is 9.50 Å². The number of aliphatic hydroxyl groups excluding tert-OH is 1. The lowest BCUT2D eigenvalue weighted by molar-refractivity contribution is -0.109. The molecule has 0 bridgehead atoms. The van der Waals surface area contributed by atoms with Gasteiger partial charge < -0.3 is 15.6 Å². The van der Waals surface area contributed by atoms with E-state index in [1.54, 1.807) is 4.57 Å². The van der Waals surface area contributed by atoms with Gasteiger partial charge >= 0.3 is 0 Å². The highest BCUT2D eigenvalue weighted by molar-refractivity contribution is 5.81. The minimum atomic E-state index is -1.28. The van der Waals surface area contributed by atoms with Crippen LogP contribution in [0, 0.1) is 18.3 Å². The lowest BCUT2D eigenvalue weighted by Crippen LogP contribution is -2.35. The number of hydrogen-bond acceptors (Lipinski definition) is 6. The summed E-state index contributed by atoms with van der Waals surface area (Å²) in [6, 6.07) is 0. The topological polar surface area (TPSA) is 99.1 Å². The average molecular weight is 291 g/mol. The van der Waals surface area contributed by atoms with Crippen LogP contribution in [0.1, 0.15) is 12.6 Å². The zero-order valence-electron chi connectivity index (χ0n) is 11.1. The molecule has 8 heteroatoms. The van der Waals surface area contributed by atoms with E-state index in [0.29, 0.717) is 11.2 Å². The first-order valence-electron chi connectivity index (χ1n) is 6.38. The summed E-state index contributed by atoms with van der Waals surface area (Å²) >= 11 is 0. The number of nitrogens with two attached hydrogens (primary N) is 1. The fourth-order valence-corrected chi connectivity index (χ4v) is 2.57. The summed E-state index contributed by atoms with van der Waals surface area (Å²) < 4.78 is 20.5. The normalized spacial score (nSPS) is 28.8. The Morgan fingerprint density at radius 2 is 2.38 bits per heavy atom. The van der Waals surface area contributed by atoms with Crippen LogP contribution in [0.5, 0.6) is 0 Å². The Hall–Kier alpha value is -2.24. The molecule has 3 atom stereocenters. The number of alkyl halides is 1. The number of fused-ring (bicyclic) bond motifs is 1. The van der Waals surface area contributed by atoms with E-state index in [1.807, 2.05) is 0 Å². The van der Waals surface area contributed by atoms with Crippen molar-refractivity contribution in [1.82, 2.24) is 19.5 Å². The minimum absolute atomic E-state index is 0.224. The van der Waals surface area contributed by atoms with Gasteiger partial charge in [-0.1, -0.05) is 5.92 Å². The van der Waals surface area contributed by atoms with Crippen LogP contribution in [-0.4, -0.2) is 43.5 Å². The number of aromatic nitrogens is 4. The number of aliphatic hydroxyl groups is 1. The average Bonchev–Trinajstić information content (AvgIpc) is 3.09. The van der Waals surface area contributed by atoms with Crippen LogP contribution in [0.15, 0.2) is 12.7 Å². The highest BCUT2D eigenvalue weighted by atomic mass is 19.1. The lowest BCUT2D eigenvalue weighted by atomic mass is 9.95. The second-order valence-electron chi connectivity index (χ2n) is 5.04. The van der Waals surface area contributed by atoms with Gasteiger partial charge in [-0.2, -0.15) is 0 Å². The van der Waals surface area contributed by atoms with Gasteiger partial charge in [0.15, 0.2) is 17.7 Å². The van der Waals surface area contributed by atoms with Crippen LogP contribution < -0.4 is 5.73 Å². The van der Waals surface area contributed by atoms with Gasteiger partial charge in [-0.15, -0.1) is 6.42 Å². The van der Waals surface area contributed by atoms with Crippen LogP contribution in [0.2, 0.25) is 0 Å². The number of rotatable bonds is 3.